The molecule has 2 aromatic heterocycles. The lowest BCUT2D eigenvalue weighted by Gasteiger charge is -2.02. The molecule has 1 aromatic carbocycles. The highest BCUT2D eigenvalue weighted by Crippen LogP contribution is 2.13. The summed E-state index contributed by atoms with van der Waals surface area (Å²) in [7, 11) is 0. The van der Waals surface area contributed by atoms with Gasteiger partial charge in [-0.1, -0.05) is 30.3 Å². The minimum atomic E-state index is 0.783. The second-order valence-corrected chi connectivity index (χ2v) is 3.99. The Bertz CT molecular complexity index is 633. The van der Waals surface area contributed by atoms with E-state index >= 15 is 0 Å². The molecule has 82 valence electrons. The van der Waals surface area contributed by atoms with Crippen LogP contribution in [0.5, 0.6) is 0 Å². The molecule has 0 saturated carbocycles. The molecule has 2 heteroatoms. The SMILES string of the molecule is c1ccc(Cc2ccc3ccccc3n2)nc1. The Hall–Kier alpha value is -2.22. The zero-order chi connectivity index (χ0) is 11.5. The Labute approximate surface area is 100.0 Å². The van der Waals surface area contributed by atoms with Gasteiger partial charge in [0.1, 0.15) is 0 Å². The maximum Gasteiger partial charge on any atom is 0.0705 e. The quantitative estimate of drug-likeness (QED) is 0.662. The lowest BCUT2D eigenvalue weighted by molar-refractivity contribution is 1.03. The number of para-hydroxylation sites is 1. The smallest absolute Gasteiger partial charge is 0.0705 e. The van der Waals surface area contributed by atoms with E-state index in [0.29, 0.717) is 0 Å². The Morgan fingerprint density at radius 1 is 0.765 bits per heavy atom. The molecule has 0 unspecified atom stereocenters. The van der Waals surface area contributed by atoms with Crippen molar-refractivity contribution in [3.8, 4) is 0 Å². The fraction of sp³-hybridized carbons (Fsp3) is 0.0667. The second-order valence-electron chi connectivity index (χ2n) is 3.99. The maximum absolute atomic E-state index is 4.63. The zero-order valence-corrected chi connectivity index (χ0v) is 9.38. The van der Waals surface area contributed by atoms with E-state index < -0.39 is 0 Å². The highest BCUT2D eigenvalue weighted by molar-refractivity contribution is 5.78. The van der Waals surface area contributed by atoms with Crippen LogP contribution in [0.25, 0.3) is 10.9 Å². The van der Waals surface area contributed by atoms with E-state index in [4.69, 9.17) is 0 Å². The van der Waals surface area contributed by atoms with E-state index in [9.17, 15) is 0 Å². The van der Waals surface area contributed by atoms with Gasteiger partial charge >= 0.3 is 0 Å². The van der Waals surface area contributed by atoms with E-state index in [2.05, 4.69) is 28.2 Å². The maximum atomic E-state index is 4.63. The molecule has 0 saturated heterocycles. The monoisotopic (exact) mass is 220 g/mol. The predicted molar refractivity (Wildman–Crippen MR) is 68.8 cm³/mol. The first kappa shape index (κ1) is 9.97. The average Bonchev–Trinajstić information content (AvgIpc) is 2.40. The lowest BCUT2D eigenvalue weighted by Crippen LogP contribution is -1.94. The summed E-state index contributed by atoms with van der Waals surface area (Å²) >= 11 is 0. The highest BCUT2D eigenvalue weighted by Gasteiger charge is 2.00. The Morgan fingerprint density at radius 3 is 2.53 bits per heavy atom. The van der Waals surface area contributed by atoms with Crippen molar-refractivity contribution in [2.24, 2.45) is 0 Å². The third kappa shape index (κ3) is 2.16. The molecule has 2 nitrogen and oxygen atoms in total. The molecule has 0 amide bonds. The van der Waals surface area contributed by atoms with Gasteiger partial charge in [-0.3, -0.25) is 9.97 Å². The summed E-state index contributed by atoms with van der Waals surface area (Å²) in [4.78, 5) is 8.94. The molecule has 0 aliphatic carbocycles. The van der Waals surface area contributed by atoms with Crippen molar-refractivity contribution in [2.45, 2.75) is 6.42 Å². The third-order valence-electron chi connectivity index (χ3n) is 2.74. The van der Waals surface area contributed by atoms with Gasteiger partial charge in [0.15, 0.2) is 0 Å². The number of hydrogen-bond donors (Lipinski definition) is 0. The molecule has 0 aliphatic rings. The molecule has 0 N–H and O–H groups in total. The molecule has 0 bridgehead atoms. The third-order valence-corrected chi connectivity index (χ3v) is 2.74. The molecular formula is C15H12N2. The molecule has 2 heterocycles. The summed E-state index contributed by atoms with van der Waals surface area (Å²) in [6, 6.07) is 18.3. The van der Waals surface area contributed by atoms with E-state index in [0.717, 1.165) is 23.3 Å². The summed E-state index contributed by atoms with van der Waals surface area (Å²) in [5.41, 5.74) is 3.15. The fourth-order valence-electron chi connectivity index (χ4n) is 1.89. The molecule has 0 atom stereocenters. The molecule has 17 heavy (non-hydrogen) atoms. The van der Waals surface area contributed by atoms with Gasteiger partial charge in [-0.25, -0.2) is 0 Å². The first-order valence-electron chi connectivity index (χ1n) is 5.66. The first-order chi connectivity index (χ1) is 8.42. The van der Waals surface area contributed by atoms with Crippen LogP contribution >= 0.6 is 0 Å². The van der Waals surface area contributed by atoms with Crippen LogP contribution in [0.1, 0.15) is 11.4 Å². The highest BCUT2D eigenvalue weighted by atomic mass is 14.7. The number of benzene rings is 1. The molecule has 0 fully saturated rings. The number of pyridine rings is 2. The van der Waals surface area contributed by atoms with E-state index in [1.165, 1.54) is 5.39 Å². The van der Waals surface area contributed by atoms with Crippen LogP contribution in [0.2, 0.25) is 0 Å². The van der Waals surface area contributed by atoms with Crippen LogP contribution in [-0.4, -0.2) is 9.97 Å². The van der Waals surface area contributed by atoms with Crippen molar-refractivity contribution in [1.82, 2.24) is 9.97 Å². The second kappa shape index (κ2) is 4.34. The number of hydrogen-bond acceptors (Lipinski definition) is 2. The van der Waals surface area contributed by atoms with Crippen LogP contribution in [0.15, 0.2) is 60.8 Å². The Kier molecular flexibility index (Phi) is 2.54. The molecule has 0 aliphatic heterocycles. The van der Waals surface area contributed by atoms with Crippen molar-refractivity contribution in [3.63, 3.8) is 0 Å². The van der Waals surface area contributed by atoms with Gasteiger partial charge < -0.3 is 0 Å². The summed E-state index contributed by atoms with van der Waals surface area (Å²) in [6.45, 7) is 0. The lowest BCUT2D eigenvalue weighted by atomic mass is 10.1. The number of rotatable bonds is 2. The van der Waals surface area contributed by atoms with Crippen molar-refractivity contribution in [1.29, 1.82) is 0 Å². The average molecular weight is 220 g/mol. The summed E-state index contributed by atoms with van der Waals surface area (Å²) < 4.78 is 0. The van der Waals surface area contributed by atoms with Gasteiger partial charge in [0.2, 0.25) is 0 Å². The minimum absolute atomic E-state index is 0.783. The summed E-state index contributed by atoms with van der Waals surface area (Å²) in [6.07, 6.45) is 2.60. The van der Waals surface area contributed by atoms with Crippen molar-refractivity contribution in [2.75, 3.05) is 0 Å². The molecular weight excluding hydrogens is 208 g/mol. The predicted octanol–water partition coefficient (Wildman–Crippen LogP) is 3.22. The number of fused-ring (bicyclic) bond motifs is 1. The van der Waals surface area contributed by atoms with Crippen molar-refractivity contribution >= 4 is 10.9 Å². The van der Waals surface area contributed by atoms with Gasteiger partial charge in [0.25, 0.3) is 0 Å². The van der Waals surface area contributed by atoms with Gasteiger partial charge in [-0.05, 0) is 24.3 Å². The molecule has 3 aromatic rings. The minimum Gasteiger partial charge on any atom is -0.261 e. The molecule has 0 radical (unpaired) electrons. The van der Waals surface area contributed by atoms with Crippen LogP contribution < -0.4 is 0 Å². The van der Waals surface area contributed by atoms with Crippen molar-refractivity contribution in [3.05, 3.63) is 72.2 Å². The zero-order valence-electron chi connectivity index (χ0n) is 9.38. The van der Waals surface area contributed by atoms with E-state index in [-0.39, 0.29) is 0 Å². The van der Waals surface area contributed by atoms with Crippen LogP contribution in [0.4, 0.5) is 0 Å². The topological polar surface area (TPSA) is 25.8 Å². The van der Waals surface area contributed by atoms with E-state index in [1.807, 2.05) is 42.6 Å². The van der Waals surface area contributed by atoms with Crippen LogP contribution in [0.3, 0.4) is 0 Å². The largest absolute Gasteiger partial charge is 0.261 e. The van der Waals surface area contributed by atoms with E-state index in [1.54, 1.807) is 0 Å². The van der Waals surface area contributed by atoms with Gasteiger partial charge in [0.05, 0.1) is 5.52 Å². The van der Waals surface area contributed by atoms with Crippen LogP contribution in [-0.2, 0) is 6.42 Å². The molecule has 3 rings (SSSR count). The normalized spacial score (nSPS) is 10.6. The first-order valence-corrected chi connectivity index (χ1v) is 5.66. The fourth-order valence-corrected chi connectivity index (χ4v) is 1.89. The Morgan fingerprint density at radius 2 is 1.65 bits per heavy atom. The Balaban J connectivity index is 1.96. The van der Waals surface area contributed by atoms with Gasteiger partial charge in [0, 0.05) is 29.4 Å². The molecule has 0 spiro atoms. The standard InChI is InChI=1S/C15H12N2/c1-2-7-15-12(5-1)8-9-14(17-15)11-13-6-3-4-10-16-13/h1-10H,11H2. The number of nitrogens with zero attached hydrogens (tertiary/aromatic N) is 2. The summed E-state index contributed by atoms with van der Waals surface area (Å²) in [5, 5.41) is 1.18. The van der Waals surface area contributed by atoms with Crippen LogP contribution in [0, 0.1) is 0 Å². The van der Waals surface area contributed by atoms with Crippen molar-refractivity contribution < 1.29 is 0 Å². The number of aromatic nitrogens is 2. The summed E-state index contributed by atoms with van der Waals surface area (Å²) in [5.74, 6) is 0. The van der Waals surface area contributed by atoms with Gasteiger partial charge in [-0.15, -0.1) is 0 Å². The van der Waals surface area contributed by atoms with Gasteiger partial charge in [-0.2, -0.15) is 0 Å².